The number of hydrogen-bond acceptors (Lipinski definition) is 36. The molecule has 6 aromatic rings. The largest absolute Gasteiger partial charge is 0.493 e. The summed E-state index contributed by atoms with van der Waals surface area (Å²) in [4.78, 5) is 126. The summed E-state index contributed by atoms with van der Waals surface area (Å²) in [6.45, 7) is 26.9. The van der Waals surface area contributed by atoms with Crippen LogP contribution in [0.2, 0.25) is 0 Å². The standard InChI is InChI=1S/C86H116N16O22S2/c1-17-27-111-65-53-23-21-24-54(65)32-58-36-62(94-82-100-78(88)98-80(102-82)90-42-86(15,16)44-92-84(126)96-76-74(122-52(12)110)72(120-50(10)108)70(118-48(8)106)64(124-76)40-116-46(6)104)38-60(68(58)114-30-20-4)34-56-26-22-25-55(66(56)112-28-18-2)33-59-37-61(35-57(31-53)67(59)113-29-19-3)93-81-99-77(87)97-79(101-81)89-41-85(13,14)43-91-83(125)95-75-73(121-51(11)109)71(119-49(9)107)69(117-47(7)105)63(123-75)39-115-45(5)103/h21-26,35-38,63-64,69-76H,17-20,27-34,39-44H2,1-16H3,(H2,91,95,125)(H2,92,96,126)(H4,87,89,93,97,99,101)(H4,88,90,94,98,100,102)/t63-,64-,69-,70-,71+,72+,73-,74-,75-,76-/m1/s1. The number of anilines is 8. The summed E-state index contributed by atoms with van der Waals surface area (Å²) in [5.41, 5.74) is 19.8. The van der Waals surface area contributed by atoms with Crippen LogP contribution in [0.25, 0.3) is 0 Å². The first-order valence-electron chi connectivity index (χ1n) is 41.7. The number of esters is 8. The fourth-order valence-electron chi connectivity index (χ4n) is 14.2. The lowest BCUT2D eigenvalue weighted by Gasteiger charge is -2.44. The zero-order valence-corrected chi connectivity index (χ0v) is 75.5. The number of nitrogens with zero attached hydrogens (tertiary/aromatic N) is 6. The first kappa shape index (κ1) is 97.8. The van der Waals surface area contributed by atoms with E-state index < -0.39 is 133 Å². The molecule has 2 aliphatic heterocycles. The number of carbonyl (C=O) groups excluding carboxylic acids is 8. The maximum atomic E-state index is 12.6. The fourth-order valence-corrected chi connectivity index (χ4v) is 14.5. The van der Waals surface area contributed by atoms with Gasteiger partial charge in [0.15, 0.2) is 59.3 Å². The second-order valence-electron chi connectivity index (χ2n) is 32.0. The molecule has 0 radical (unpaired) electrons. The van der Waals surface area contributed by atoms with Crippen molar-refractivity contribution in [2.24, 2.45) is 10.8 Å². The van der Waals surface area contributed by atoms with E-state index in [0.717, 1.165) is 86.1 Å². The molecule has 4 aromatic carbocycles. The van der Waals surface area contributed by atoms with Crippen LogP contribution in [0.4, 0.5) is 47.1 Å². The van der Waals surface area contributed by atoms with Gasteiger partial charge in [-0.15, -0.1) is 0 Å². The number of para-hydroxylation sites is 2. The molecule has 3 aliphatic rings. The van der Waals surface area contributed by atoms with Crippen LogP contribution in [0.3, 0.4) is 0 Å². The number of benzene rings is 4. The Morgan fingerprint density at radius 2 is 0.667 bits per heavy atom. The number of nitrogen functional groups attached to an aromatic ring is 2. The molecule has 4 heterocycles. The first-order valence-corrected chi connectivity index (χ1v) is 42.5. The zero-order chi connectivity index (χ0) is 91.7. The zero-order valence-electron chi connectivity index (χ0n) is 73.9. The maximum Gasteiger partial charge on any atom is 0.303 e. The molecule has 2 aromatic heterocycles. The van der Waals surface area contributed by atoms with Crippen molar-refractivity contribution in [1.29, 1.82) is 0 Å². The molecule has 2 saturated heterocycles. The SMILES string of the molecule is CCCOc1c2cccc1Cc1cc(Nc3nc(N)nc(NCC(C)(C)CNC(=S)N[C@@H]4O[C@H](COC(C)=O)[C@@H](OC(C)=O)[C@H](OC(C)=O)[C@H]4OC(C)=O)n3)cc(c1OCCC)Cc1cccc(c1OCCC)Cc1cc(Nc3nc(N)nc(NCC(C)(C)CNC(=S)N[C@@H]4O[C@H](COC(C)=O)[C@@H](OC(C)=O)[C@H](OC(C)=O)[C@H]4OC(C)=O)n3)cc(c1OCCC)C2. The van der Waals surface area contributed by atoms with E-state index in [1.54, 1.807) is 0 Å². The minimum Gasteiger partial charge on any atom is -0.493 e. The van der Waals surface area contributed by atoms with Crippen molar-refractivity contribution in [3.63, 3.8) is 0 Å². The van der Waals surface area contributed by atoms with Crippen molar-refractivity contribution >= 4 is 129 Å². The number of carbonyl (C=O) groups is 8. The highest BCUT2D eigenvalue weighted by Crippen LogP contribution is 2.43. The molecule has 10 atom stereocenters. The number of hydrogen-bond donors (Lipinski definition) is 10. The highest BCUT2D eigenvalue weighted by molar-refractivity contribution is 7.80. The summed E-state index contributed by atoms with van der Waals surface area (Å²) in [6, 6.07) is 20.4. The number of fused-ring (bicyclic) bond motifs is 8. The third-order valence-electron chi connectivity index (χ3n) is 19.4. The number of ether oxygens (including phenoxy) is 14. The van der Waals surface area contributed by atoms with Crippen molar-refractivity contribution in [3.05, 3.63) is 105 Å². The smallest absolute Gasteiger partial charge is 0.303 e. The number of aromatic nitrogens is 6. The molecule has 40 heteroatoms. The Labute approximate surface area is 742 Å². The maximum absolute atomic E-state index is 12.6. The van der Waals surface area contributed by atoms with Gasteiger partial charge in [-0.25, -0.2) is 0 Å². The predicted molar refractivity (Wildman–Crippen MR) is 471 cm³/mol. The lowest BCUT2D eigenvalue weighted by Crippen LogP contribution is -2.67. The van der Waals surface area contributed by atoms with Gasteiger partial charge in [-0.3, -0.25) is 38.4 Å². The summed E-state index contributed by atoms with van der Waals surface area (Å²) in [5, 5.41) is 26.0. The summed E-state index contributed by atoms with van der Waals surface area (Å²) in [5.74, 6) is -2.78. The van der Waals surface area contributed by atoms with Gasteiger partial charge in [0.1, 0.15) is 48.4 Å². The monoisotopic (exact) mass is 1790 g/mol. The van der Waals surface area contributed by atoms with E-state index in [4.69, 9.17) is 112 Å². The molecule has 0 unspecified atom stereocenters. The van der Waals surface area contributed by atoms with E-state index in [9.17, 15) is 38.4 Å². The van der Waals surface area contributed by atoms with Gasteiger partial charge < -0.3 is 120 Å². The number of rotatable bonds is 38. The van der Waals surface area contributed by atoms with Crippen LogP contribution in [0.1, 0.15) is 181 Å². The quantitative estimate of drug-likeness (QED) is 0.00984. The normalized spacial score (nSPS) is 19.0. The minimum absolute atomic E-state index is 0.0327. The first-order chi connectivity index (χ1) is 59.9. The van der Waals surface area contributed by atoms with Gasteiger partial charge in [0.25, 0.3) is 0 Å². The van der Waals surface area contributed by atoms with E-state index in [1.165, 1.54) is 13.8 Å². The van der Waals surface area contributed by atoms with Crippen molar-refractivity contribution < 1.29 is 105 Å². The molecule has 12 N–H and O–H groups in total. The van der Waals surface area contributed by atoms with Gasteiger partial charge in [0.2, 0.25) is 35.7 Å². The van der Waals surface area contributed by atoms with Crippen molar-refractivity contribution in [3.8, 4) is 23.0 Å². The molecule has 1 aliphatic carbocycles. The number of thiocarbonyl (C=S) groups is 2. The Balaban J connectivity index is 0.987. The van der Waals surface area contributed by atoms with Crippen LogP contribution < -0.4 is 72.9 Å². The van der Waals surface area contributed by atoms with Gasteiger partial charge >= 0.3 is 47.8 Å². The lowest BCUT2D eigenvalue weighted by molar-refractivity contribution is -0.255. The van der Waals surface area contributed by atoms with E-state index in [1.807, 2.05) is 64.1 Å². The molecule has 2 fully saturated rings. The molecule has 684 valence electrons. The molecule has 0 amide bonds. The Bertz CT molecular complexity index is 4490. The average molecular weight is 1790 g/mol. The van der Waals surface area contributed by atoms with Gasteiger partial charge in [-0.1, -0.05) is 91.8 Å². The second kappa shape index (κ2) is 45.7. The van der Waals surface area contributed by atoms with E-state index >= 15 is 0 Å². The average Bonchev–Trinajstić information content (AvgIpc) is 0.795. The third-order valence-corrected chi connectivity index (χ3v) is 19.9. The van der Waals surface area contributed by atoms with Crippen LogP contribution in [0.5, 0.6) is 23.0 Å². The molecule has 8 bridgehead atoms. The van der Waals surface area contributed by atoms with E-state index in [-0.39, 0.29) is 72.1 Å². The van der Waals surface area contributed by atoms with Gasteiger partial charge in [-0.2, -0.15) is 29.9 Å². The molecule has 9 rings (SSSR count). The second-order valence-corrected chi connectivity index (χ2v) is 32.8. The third kappa shape index (κ3) is 29.0. The lowest BCUT2D eigenvalue weighted by atomic mass is 9.90. The molecule has 126 heavy (non-hydrogen) atoms. The van der Waals surface area contributed by atoms with Gasteiger partial charge in [-0.05, 0) is 107 Å². The molecule has 0 spiro atoms. The number of nitrogens with one attached hydrogen (secondary N) is 8. The van der Waals surface area contributed by atoms with Gasteiger partial charge in [0, 0.05) is 141 Å². The Morgan fingerprint density at radius 3 is 0.952 bits per heavy atom. The highest BCUT2D eigenvalue weighted by Gasteiger charge is 2.54. The molecule has 0 saturated carbocycles. The Morgan fingerprint density at radius 1 is 0.389 bits per heavy atom. The van der Waals surface area contributed by atoms with Crippen molar-refractivity contribution in [2.45, 2.75) is 223 Å². The molecule has 38 nitrogen and oxygen atoms in total. The topological polar surface area (TPSA) is 491 Å². The van der Waals surface area contributed by atoms with Crippen LogP contribution in [0.15, 0.2) is 60.7 Å². The summed E-state index contributed by atoms with van der Waals surface area (Å²) in [6.07, 6.45) is -9.16. The van der Waals surface area contributed by atoms with Crippen LogP contribution in [-0.2, 0) is 111 Å². The summed E-state index contributed by atoms with van der Waals surface area (Å²) >= 11 is 11.5. The summed E-state index contributed by atoms with van der Waals surface area (Å²) < 4.78 is 84.0. The molecular weight excluding hydrogens is 1670 g/mol. The van der Waals surface area contributed by atoms with Crippen LogP contribution in [0, 0.1) is 10.8 Å². The van der Waals surface area contributed by atoms with E-state index in [0.29, 0.717) is 112 Å². The predicted octanol–water partition coefficient (Wildman–Crippen LogP) is 8.51. The summed E-state index contributed by atoms with van der Waals surface area (Å²) in [7, 11) is 0. The van der Waals surface area contributed by atoms with Crippen LogP contribution in [-0.4, -0.2) is 215 Å². The van der Waals surface area contributed by atoms with Crippen LogP contribution >= 0.6 is 24.4 Å². The van der Waals surface area contributed by atoms with Gasteiger partial charge in [0.05, 0.1) is 26.4 Å². The highest BCUT2D eigenvalue weighted by atomic mass is 32.1. The minimum atomic E-state index is -1.41. The van der Waals surface area contributed by atoms with E-state index in [2.05, 4.69) is 114 Å². The van der Waals surface area contributed by atoms with Crippen molar-refractivity contribution in [2.75, 3.05) is 98.6 Å². The Hall–Kier alpha value is -12.0. The molecular formula is C86H116N16O22S2. The number of nitrogens with two attached hydrogens (primary N) is 2. The Kier molecular flexibility index (Phi) is 35.5. The van der Waals surface area contributed by atoms with Crippen molar-refractivity contribution in [1.82, 2.24) is 51.2 Å². The fraction of sp³-hybridized carbons (Fsp3) is 0.535.